The number of piperazine rings is 1. The minimum Gasteiger partial charge on any atom is -0.497 e. The van der Waals surface area contributed by atoms with Crippen LogP contribution in [0.3, 0.4) is 0 Å². The van der Waals surface area contributed by atoms with Crippen molar-refractivity contribution in [2.45, 2.75) is 6.54 Å². The largest absolute Gasteiger partial charge is 0.497 e. The van der Waals surface area contributed by atoms with Gasteiger partial charge in [-0.2, -0.15) is 0 Å². The molecule has 1 aromatic carbocycles. The zero-order valence-corrected chi connectivity index (χ0v) is 10.1. The van der Waals surface area contributed by atoms with Gasteiger partial charge in [-0.15, -0.1) is 0 Å². The van der Waals surface area contributed by atoms with Crippen LogP contribution in [0.5, 0.6) is 5.75 Å². The maximum Gasteiger partial charge on any atom is 0.119 e. The van der Waals surface area contributed by atoms with Crippen LogP contribution in [0.4, 0.5) is 0 Å². The fourth-order valence-corrected chi connectivity index (χ4v) is 1.97. The molecule has 0 aromatic heterocycles. The summed E-state index contributed by atoms with van der Waals surface area (Å²) >= 11 is 0. The molecule has 1 aliphatic rings. The Morgan fingerprint density at radius 2 is 2.00 bits per heavy atom. The van der Waals surface area contributed by atoms with Crippen LogP contribution in [0.15, 0.2) is 18.2 Å². The fourth-order valence-electron chi connectivity index (χ4n) is 1.97. The van der Waals surface area contributed by atoms with Crippen molar-refractivity contribution in [3.63, 3.8) is 0 Å². The molecule has 87 valence electrons. The molecule has 1 heterocycles. The molecule has 0 atom stereocenters. The Labute approximate surface area is 97.6 Å². The van der Waals surface area contributed by atoms with Gasteiger partial charge in [-0.25, -0.2) is 0 Å². The van der Waals surface area contributed by atoms with E-state index in [9.17, 15) is 0 Å². The molecular formula is C13H19N2O. The first kappa shape index (κ1) is 11.4. The average Bonchev–Trinajstić information content (AvgIpc) is 2.32. The Balaban J connectivity index is 1.93. The summed E-state index contributed by atoms with van der Waals surface area (Å²) in [6, 6.07) is 9.12. The number of ether oxygens (including phenoxy) is 1. The molecule has 16 heavy (non-hydrogen) atoms. The van der Waals surface area contributed by atoms with E-state index in [-0.39, 0.29) is 0 Å². The molecule has 0 unspecified atom stereocenters. The quantitative estimate of drug-likeness (QED) is 0.761. The normalized spacial score (nSPS) is 18.6. The van der Waals surface area contributed by atoms with E-state index < -0.39 is 0 Å². The second-order valence-electron chi connectivity index (χ2n) is 4.36. The van der Waals surface area contributed by atoms with Crippen molar-refractivity contribution in [1.29, 1.82) is 0 Å². The van der Waals surface area contributed by atoms with E-state index in [1.54, 1.807) is 7.11 Å². The lowest BCUT2D eigenvalue weighted by molar-refractivity contribution is 0.148. The van der Waals surface area contributed by atoms with E-state index in [2.05, 4.69) is 29.0 Å². The van der Waals surface area contributed by atoms with E-state index >= 15 is 0 Å². The van der Waals surface area contributed by atoms with Gasteiger partial charge in [0.15, 0.2) is 0 Å². The molecule has 0 amide bonds. The van der Waals surface area contributed by atoms with Crippen molar-refractivity contribution in [3.05, 3.63) is 29.8 Å². The van der Waals surface area contributed by atoms with Gasteiger partial charge in [0.25, 0.3) is 0 Å². The topological polar surface area (TPSA) is 15.7 Å². The molecule has 0 aliphatic carbocycles. The predicted molar refractivity (Wildman–Crippen MR) is 64.6 cm³/mol. The van der Waals surface area contributed by atoms with Gasteiger partial charge in [-0.1, -0.05) is 0 Å². The summed E-state index contributed by atoms with van der Waals surface area (Å²) < 4.78 is 5.20. The van der Waals surface area contributed by atoms with Crippen LogP contribution in [-0.2, 0) is 6.54 Å². The van der Waals surface area contributed by atoms with Crippen LogP contribution in [0.1, 0.15) is 5.56 Å². The first-order valence-corrected chi connectivity index (χ1v) is 5.73. The second-order valence-corrected chi connectivity index (χ2v) is 4.36. The minimum absolute atomic E-state index is 0.895. The highest BCUT2D eigenvalue weighted by molar-refractivity contribution is 5.27. The third kappa shape index (κ3) is 2.97. The third-order valence-corrected chi connectivity index (χ3v) is 3.06. The first-order chi connectivity index (χ1) is 7.78. The summed E-state index contributed by atoms with van der Waals surface area (Å²) in [4.78, 5) is 4.84. The number of likely N-dealkylation sites (N-methyl/N-ethyl adjacent to an activating group) is 1. The molecule has 3 heteroatoms. The molecule has 0 saturated carbocycles. The van der Waals surface area contributed by atoms with Crippen LogP contribution < -0.4 is 4.74 Å². The molecule has 0 N–H and O–H groups in total. The zero-order valence-electron chi connectivity index (χ0n) is 10.1. The Hall–Kier alpha value is -1.06. The average molecular weight is 219 g/mol. The highest BCUT2D eigenvalue weighted by Crippen LogP contribution is 2.14. The van der Waals surface area contributed by atoms with Crippen LogP contribution in [-0.4, -0.2) is 50.1 Å². The number of benzene rings is 1. The van der Waals surface area contributed by atoms with Crippen molar-refractivity contribution < 1.29 is 4.74 Å². The van der Waals surface area contributed by atoms with Gasteiger partial charge >= 0.3 is 0 Å². The van der Waals surface area contributed by atoms with E-state index in [4.69, 9.17) is 4.74 Å². The number of rotatable bonds is 3. The van der Waals surface area contributed by atoms with Crippen LogP contribution in [0, 0.1) is 6.07 Å². The van der Waals surface area contributed by atoms with Gasteiger partial charge in [-0.05, 0) is 36.9 Å². The summed E-state index contributed by atoms with van der Waals surface area (Å²) in [6.07, 6.45) is 0. The molecule has 1 fully saturated rings. The van der Waals surface area contributed by atoms with Gasteiger partial charge in [0.2, 0.25) is 0 Å². The smallest absolute Gasteiger partial charge is 0.119 e. The Morgan fingerprint density at radius 3 is 2.69 bits per heavy atom. The Morgan fingerprint density at radius 1 is 1.25 bits per heavy atom. The number of hydrogen-bond donors (Lipinski definition) is 0. The van der Waals surface area contributed by atoms with Crippen molar-refractivity contribution >= 4 is 0 Å². The predicted octanol–water partition coefficient (Wildman–Crippen LogP) is 1.24. The van der Waals surface area contributed by atoms with Crippen LogP contribution in [0.25, 0.3) is 0 Å². The monoisotopic (exact) mass is 219 g/mol. The number of hydrogen-bond acceptors (Lipinski definition) is 3. The van der Waals surface area contributed by atoms with Crippen molar-refractivity contribution in [2.75, 3.05) is 40.3 Å². The van der Waals surface area contributed by atoms with E-state index in [1.165, 1.54) is 5.56 Å². The molecule has 1 saturated heterocycles. The summed E-state index contributed by atoms with van der Waals surface area (Å²) in [5.74, 6) is 0.895. The summed E-state index contributed by atoms with van der Waals surface area (Å²) in [7, 11) is 3.87. The molecule has 1 aliphatic heterocycles. The van der Waals surface area contributed by atoms with E-state index in [0.29, 0.717) is 0 Å². The van der Waals surface area contributed by atoms with E-state index in [1.807, 2.05) is 12.1 Å². The number of methoxy groups -OCH3 is 1. The Kier molecular flexibility index (Phi) is 3.80. The SMILES string of the molecule is COc1c[c]cc(CN2CCN(C)CC2)c1. The third-order valence-electron chi connectivity index (χ3n) is 3.06. The number of nitrogens with zero attached hydrogens (tertiary/aromatic N) is 2. The first-order valence-electron chi connectivity index (χ1n) is 5.73. The molecule has 0 spiro atoms. The van der Waals surface area contributed by atoms with Crippen LogP contribution >= 0.6 is 0 Å². The molecule has 2 rings (SSSR count). The summed E-state index contributed by atoms with van der Waals surface area (Å²) in [6.45, 7) is 5.62. The van der Waals surface area contributed by atoms with Crippen molar-refractivity contribution in [1.82, 2.24) is 9.80 Å². The van der Waals surface area contributed by atoms with Gasteiger partial charge < -0.3 is 9.64 Å². The highest BCUT2D eigenvalue weighted by atomic mass is 16.5. The van der Waals surface area contributed by atoms with Gasteiger partial charge in [-0.3, -0.25) is 4.90 Å². The molecule has 1 radical (unpaired) electrons. The van der Waals surface area contributed by atoms with Gasteiger partial charge in [0, 0.05) is 32.7 Å². The fraction of sp³-hybridized carbons (Fsp3) is 0.538. The van der Waals surface area contributed by atoms with Crippen LogP contribution in [0.2, 0.25) is 0 Å². The van der Waals surface area contributed by atoms with Gasteiger partial charge in [0.1, 0.15) is 5.75 Å². The van der Waals surface area contributed by atoms with Gasteiger partial charge in [0.05, 0.1) is 7.11 Å². The lowest BCUT2D eigenvalue weighted by Gasteiger charge is -2.32. The zero-order chi connectivity index (χ0) is 11.4. The minimum atomic E-state index is 0.895. The standard InChI is InChI=1S/C13H19N2O/c1-14-6-8-15(9-7-14)11-12-4-3-5-13(10-12)16-2/h4-5,10H,6-9,11H2,1-2H3. The Bertz CT molecular complexity index is 332. The maximum atomic E-state index is 5.20. The summed E-state index contributed by atoms with van der Waals surface area (Å²) in [5.41, 5.74) is 1.28. The maximum absolute atomic E-state index is 5.20. The van der Waals surface area contributed by atoms with E-state index in [0.717, 1.165) is 38.5 Å². The van der Waals surface area contributed by atoms with Crippen molar-refractivity contribution in [3.8, 4) is 5.75 Å². The lowest BCUT2D eigenvalue weighted by atomic mass is 10.2. The second kappa shape index (κ2) is 5.32. The summed E-state index contributed by atoms with van der Waals surface area (Å²) in [5, 5.41) is 0. The van der Waals surface area contributed by atoms with Crippen molar-refractivity contribution in [2.24, 2.45) is 0 Å². The molecule has 0 bridgehead atoms. The highest BCUT2D eigenvalue weighted by Gasteiger charge is 2.13. The molecular weight excluding hydrogens is 200 g/mol. The lowest BCUT2D eigenvalue weighted by Crippen LogP contribution is -2.43. The molecule has 3 nitrogen and oxygen atoms in total. The molecule has 1 aromatic rings.